The zero-order chi connectivity index (χ0) is 27.5. The first-order valence-corrected chi connectivity index (χ1v) is 12.6. The second-order valence-corrected chi connectivity index (χ2v) is 8.87. The third-order valence-corrected chi connectivity index (χ3v) is 6.11. The number of halogens is 1. The molecule has 0 saturated heterocycles. The maximum absolute atomic E-state index is 13.4. The minimum atomic E-state index is -0.253. The molecule has 0 aliphatic carbocycles. The largest absolute Gasteiger partial charge is 0.493 e. The molecule has 4 aromatic rings. The van der Waals surface area contributed by atoms with E-state index < -0.39 is 0 Å². The van der Waals surface area contributed by atoms with Crippen LogP contribution in [-0.2, 0) is 24.3 Å². The van der Waals surface area contributed by atoms with Crippen molar-refractivity contribution in [2.24, 2.45) is 0 Å². The Labute approximate surface area is 228 Å². The molecule has 1 heterocycles. The lowest BCUT2D eigenvalue weighted by Gasteiger charge is -2.22. The van der Waals surface area contributed by atoms with E-state index in [0.29, 0.717) is 43.4 Å². The molecule has 7 heteroatoms. The van der Waals surface area contributed by atoms with Crippen molar-refractivity contribution in [3.05, 3.63) is 125 Å². The molecule has 4 rings (SSSR count). The van der Waals surface area contributed by atoms with Crippen LogP contribution in [0.15, 0.2) is 97.3 Å². The molecule has 0 radical (unpaired) electrons. The minimum Gasteiger partial charge on any atom is -0.493 e. The van der Waals surface area contributed by atoms with E-state index in [-0.39, 0.29) is 11.7 Å². The van der Waals surface area contributed by atoms with Gasteiger partial charge in [-0.1, -0.05) is 30.3 Å². The molecular weight excluding hydrogens is 495 g/mol. The second-order valence-electron chi connectivity index (χ2n) is 8.87. The molecule has 0 bridgehead atoms. The van der Waals surface area contributed by atoms with Crippen LogP contribution in [0.3, 0.4) is 0 Å². The number of benzene rings is 3. The van der Waals surface area contributed by atoms with E-state index in [1.165, 1.54) is 12.1 Å². The molecule has 0 N–H and O–H groups in total. The summed E-state index contributed by atoms with van der Waals surface area (Å²) in [6.07, 6.45) is 7.42. The molecule has 39 heavy (non-hydrogen) atoms. The Kier molecular flexibility index (Phi) is 9.67. The van der Waals surface area contributed by atoms with Crippen LogP contribution >= 0.6 is 0 Å². The Balaban J connectivity index is 1.46. The SMILES string of the molecule is COc1ccc(/C=C/C(=O)N(Cc2ccncc2)Cc2cccc(OCCc3ccc(F)cc3)c2)cc1OC. The average Bonchev–Trinajstić information content (AvgIpc) is 2.97. The van der Waals surface area contributed by atoms with Crippen molar-refractivity contribution >= 4 is 12.0 Å². The Bertz CT molecular complexity index is 1390. The van der Waals surface area contributed by atoms with Gasteiger partial charge in [0.25, 0.3) is 0 Å². The van der Waals surface area contributed by atoms with Gasteiger partial charge >= 0.3 is 0 Å². The van der Waals surface area contributed by atoms with Gasteiger partial charge in [-0.15, -0.1) is 0 Å². The lowest BCUT2D eigenvalue weighted by atomic mass is 10.1. The van der Waals surface area contributed by atoms with E-state index >= 15 is 0 Å². The number of amides is 1. The highest BCUT2D eigenvalue weighted by Gasteiger charge is 2.13. The number of rotatable bonds is 12. The zero-order valence-corrected chi connectivity index (χ0v) is 22.0. The smallest absolute Gasteiger partial charge is 0.247 e. The van der Waals surface area contributed by atoms with Crippen LogP contribution in [0.4, 0.5) is 4.39 Å². The van der Waals surface area contributed by atoms with Crippen LogP contribution in [0.1, 0.15) is 22.3 Å². The van der Waals surface area contributed by atoms with Crippen LogP contribution in [0.25, 0.3) is 6.08 Å². The first-order chi connectivity index (χ1) is 19.0. The summed E-state index contributed by atoms with van der Waals surface area (Å²) in [5, 5.41) is 0. The first kappa shape index (κ1) is 27.4. The van der Waals surface area contributed by atoms with Crippen molar-refractivity contribution in [1.82, 2.24) is 9.88 Å². The monoisotopic (exact) mass is 526 g/mol. The van der Waals surface area contributed by atoms with Gasteiger partial charge in [-0.3, -0.25) is 9.78 Å². The van der Waals surface area contributed by atoms with Crippen molar-refractivity contribution in [2.75, 3.05) is 20.8 Å². The Morgan fingerprint density at radius 1 is 0.846 bits per heavy atom. The molecule has 0 aliphatic heterocycles. The van der Waals surface area contributed by atoms with E-state index in [2.05, 4.69) is 4.98 Å². The number of carbonyl (C=O) groups excluding carboxylic acids is 1. The van der Waals surface area contributed by atoms with Crippen molar-refractivity contribution in [3.8, 4) is 17.2 Å². The second kappa shape index (κ2) is 13.8. The Morgan fingerprint density at radius 2 is 1.59 bits per heavy atom. The van der Waals surface area contributed by atoms with E-state index in [9.17, 15) is 9.18 Å². The molecule has 1 amide bonds. The van der Waals surface area contributed by atoms with Gasteiger partial charge in [0.15, 0.2) is 11.5 Å². The van der Waals surface area contributed by atoms with E-state index in [0.717, 1.165) is 22.3 Å². The fraction of sp³-hybridized carbons (Fsp3) is 0.188. The minimum absolute atomic E-state index is 0.135. The summed E-state index contributed by atoms with van der Waals surface area (Å²) in [6.45, 7) is 1.28. The third-order valence-electron chi connectivity index (χ3n) is 6.11. The maximum atomic E-state index is 13.4. The lowest BCUT2D eigenvalue weighted by Crippen LogP contribution is -2.28. The van der Waals surface area contributed by atoms with Crippen molar-refractivity contribution < 1.29 is 23.4 Å². The van der Waals surface area contributed by atoms with Crippen molar-refractivity contribution in [1.29, 1.82) is 0 Å². The molecule has 0 unspecified atom stereocenters. The predicted octanol–water partition coefficient (Wildman–Crippen LogP) is 6.10. The Hall–Kier alpha value is -4.65. The molecule has 0 atom stereocenters. The number of nitrogens with zero attached hydrogens (tertiary/aromatic N) is 2. The van der Waals surface area contributed by atoms with Gasteiger partial charge in [-0.25, -0.2) is 4.39 Å². The number of pyridine rings is 1. The summed E-state index contributed by atoms with van der Waals surface area (Å²) in [5.41, 5.74) is 3.74. The number of methoxy groups -OCH3 is 2. The van der Waals surface area contributed by atoms with Crippen molar-refractivity contribution in [2.45, 2.75) is 19.5 Å². The van der Waals surface area contributed by atoms with Crippen LogP contribution in [0.2, 0.25) is 0 Å². The van der Waals surface area contributed by atoms with E-state index in [1.54, 1.807) is 61.9 Å². The van der Waals surface area contributed by atoms with Gasteiger partial charge < -0.3 is 19.1 Å². The summed E-state index contributed by atoms with van der Waals surface area (Å²) in [5.74, 6) is 1.55. The number of carbonyl (C=O) groups is 1. The molecule has 200 valence electrons. The quantitative estimate of drug-likeness (QED) is 0.209. The lowest BCUT2D eigenvalue weighted by molar-refractivity contribution is -0.127. The normalized spacial score (nSPS) is 10.8. The van der Waals surface area contributed by atoms with Gasteiger partial charge in [0.05, 0.1) is 20.8 Å². The average molecular weight is 527 g/mol. The topological polar surface area (TPSA) is 60.9 Å². The van der Waals surface area contributed by atoms with E-state index in [1.807, 2.05) is 48.5 Å². The van der Waals surface area contributed by atoms with Gasteiger partial charge in [0.1, 0.15) is 11.6 Å². The fourth-order valence-electron chi connectivity index (χ4n) is 4.04. The summed E-state index contributed by atoms with van der Waals surface area (Å²) < 4.78 is 29.7. The Morgan fingerprint density at radius 3 is 2.33 bits per heavy atom. The summed E-state index contributed by atoms with van der Waals surface area (Å²) >= 11 is 0. The molecule has 0 fully saturated rings. The van der Waals surface area contributed by atoms with Gasteiger partial charge in [-0.2, -0.15) is 0 Å². The number of hydrogen-bond acceptors (Lipinski definition) is 5. The van der Waals surface area contributed by atoms with Crippen LogP contribution in [0, 0.1) is 5.82 Å². The van der Waals surface area contributed by atoms with Gasteiger partial charge in [-0.05, 0) is 76.9 Å². The van der Waals surface area contributed by atoms with Gasteiger partial charge in [0.2, 0.25) is 5.91 Å². The first-order valence-electron chi connectivity index (χ1n) is 12.6. The van der Waals surface area contributed by atoms with Crippen LogP contribution in [-0.4, -0.2) is 36.6 Å². The van der Waals surface area contributed by atoms with Crippen molar-refractivity contribution in [3.63, 3.8) is 0 Å². The standard InChI is InChI=1S/C32H31FN2O4/c1-37-30-12-8-25(21-31(30)38-2)9-13-32(36)35(22-26-14-17-34-18-15-26)23-27-4-3-5-29(20-27)39-19-16-24-6-10-28(33)11-7-24/h3-15,17-18,20-21H,16,19,22-23H2,1-2H3/b13-9+. The molecule has 0 spiro atoms. The molecule has 0 aliphatic rings. The molecule has 6 nitrogen and oxygen atoms in total. The maximum Gasteiger partial charge on any atom is 0.247 e. The molecule has 3 aromatic carbocycles. The third kappa shape index (κ3) is 8.17. The number of aromatic nitrogens is 1. The van der Waals surface area contributed by atoms with E-state index in [4.69, 9.17) is 14.2 Å². The molecule has 0 saturated carbocycles. The summed E-state index contributed by atoms with van der Waals surface area (Å²) in [6, 6.07) is 23.4. The summed E-state index contributed by atoms with van der Waals surface area (Å²) in [4.78, 5) is 19.2. The summed E-state index contributed by atoms with van der Waals surface area (Å²) in [7, 11) is 3.16. The van der Waals surface area contributed by atoms with Crippen LogP contribution in [0.5, 0.6) is 17.2 Å². The highest BCUT2D eigenvalue weighted by Crippen LogP contribution is 2.28. The highest BCUT2D eigenvalue weighted by molar-refractivity contribution is 5.91. The number of ether oxygens (including phenoxy) is 3. The van der Waals surface area contributed by atoms with Crippen LogP contribution < -0.4 is 14.2 Å². The fourth-order valence-corrected chi connectivity index (χ4v) is 4.04. The molecule has 1 aromatic heterocycles. The zero-order valence-electron chi connectivity index (χ0n) is 22.0. The highest BCUT2D eigenvalue weighted by atomic mass is 19.1. The molecular formula is C32H31FN2O4. The predicted molar refractivity (Wildman–Crippen MR) is 149 cm³/mol. The van der Waals surface area contributed by atoms with Gasteiger partial charge in [0, 0.05) is 38.0 Å². The number of hydrogen-bond donors (Lipinski definition) is 0.